The van der Waals surface area contributed by atoms with Gasteiger partial charge in [-0.3, -0.25) is 9.89 Å². The zero-order valence-electron chi connectivity index (χ0n) is 15.3. The Morgan fingerprint density at radius 3 is 3.00 bits per heavy atom. The molecule has 136 valence electrons. The van der Waals surface area contributed by atoms with Crippen molar-refractivity contribution in [3.05, 3.63) is 41.6 Å². The Labute approximate surface area is 152 Å². The molecule has 0 unspecified atom stereocenters. The van der Waals surface area contributed by atoms with E-state index in [2.05, 4.69) is 39.4 Å². The molecule has 1 aliphatic rings. The molecule has 1 amide bonds. The van der Waals surface area contributed by atoms with Crippen LogP contribution in [0.4, 0.5) is 5.69 Å². The lowest BCUT2D eigenvalue weighted by Gasteiger charge is -2.17. The van der Waals surface area contributed by atoms with Crippen molar-refractivity contribution in [3.8, 4) is 0 Å². The number of amides is 1. The summed E-state index contributed by atoms with van der Waals surface area (Å²) < 4.78 is 0. The molecule has 3 N–H and O–H groups in total. The predicted octanol–water partition coefficient (Wildman–Crippen LogP) is 2.44. The number of aromatic amines is 2. The van der Waals surface area contributed by atoms with Crippen molar-refractivity contribution in [1.82, 2.24) is 25.1 Å². The summed E-state index contributed by atoms with van der Waals surface area (Å²) in [5, 5.41) is 11.1. The molecule has 4 rings (SSSR count). The van der Waals surface area contributed by atoms with Crippen molar-refractivity contribution in [2.24, 2.45) is 5.92 Å². The third-order valence-corrected chi connectivity index (χ3v) is 5.23. The fourth-order valence-corrected chi connectivity index (χ4v) is 3.91. The predicted molar refractivity (Wildman–Crippen MR) is 101 cm³/mol. The molecule has 3 heterocycles. The summed E-state index contributed by atoms with van der Waals surface area (Å²) in [4.78, 5) is 23.4. The van der Waals surface area contributed by atoms with E-state index in [1.807, 2.05) is 25.1 Å². The Morgan fingerprint density at radius 1 is 1.38 bits per heavy atom. The molecular formula is C19H24N6O. The van der Waals surface area contributed by atoms with Crippen molar-refractivity contribution in [2.45, 2.75) is 26.2 Å². The molecule has 26 heavy (non-hydrogen) atoms. The van der Waals surface area contributed by atoms with Crippen molar-refractivity contribution < 1.29 is 4.79 Å². The molecule has 1 aromatic carbocycles. The Kier molecular flexibility index (Phi) is 4.24. The molecule has 1 aliphatic heterocycles. The van der Waals surface area contributed by atoms with Crippen LogP contribution in [0.15, 0.2) is 24.4 Å². The van der Waals surface area contributed by atoms with Gasteiger partial charge in [0.05, 0.1) is 29.0 Å². The second kappa shape index (κ2) is 6.57. The van der Waals surface area contributed by atoms with Gasteiger partial charge in [-0.2, -0.15) is 5.10 Å². The number of aryl methyl sites for hydroxylation is 2. The topological polar surface area (TPSA) is 89.7 Å². The minimum Gasteiger partial charge on any atom is -0.346 e. The third kappa shape index (κ3) is 2.88. The van der Waals surface area contributed by atoms with Crippen LogP contribution in [0.5, 0.6) is 0 Å². The molecule has 2 atom stereocenters. The molecule has 3 aromatic rings. The molecule has 7 nitrogen and oxygen atoms in total. The van der Waals surface area contributed by atoms with Gasteiger partial charge >= 0.3 is 0 Å². The number of rotatable bonds is 4. The number of likely N-dealkylation sites (N-methyl/N-ethyl adjacent to an activating group) is 1. The largest absolute Gasteiger partial charge is 0.346 e. The van der Waals surface area contributed by atoms with E-state index in [-0.39, 0.29) is 17.7 Å². The first-order valence-corrected chi connectivity index (χ1v) is 9.03. The zero-order valence-corrected chi connectivity index (χ0v) is 15.3. The number of carbonyl (C=O) groups is 1. The van der Waals surface area contributed by atoms with Crippen LogP contribution in [0.3, 0.4) is 0 Å². The van der Waals surface area contributed by atoms with Crippen LogP contribution < -0.4 is 5.32 Å². The molecule has 7 heteroatoms. The maximum atomic E-state index is 13.1. The van der Waals surface area contributed by atoms with Crippen LogP contribution >= 0.6 is 0 Å². The molecule has 0 saturated carbocycles. The molecule has 0 bridgehead atoms. The first-order valence-electron chi connectivity index (χ1n) is 9.03. The number of anilines is 1. The van der Waals surface area contributed by atoms with Gasteiger partial charge in [0, 0.05) is 36.5 Å². The van der Waals surface area contributed by atoms with E-state index in [0.717, 1.165) is 53.3 Å². The Bertz CT molecular complexity index is 943. The first-order chi connectivity index (χ1) is 12.6. The summed E-state index contributed by atoms with van der Waals surface area (Å²) >= 11 is 0. The maximum Gasteiger partial charge on any atom is 0.229 e. The summed E-state index contributed by atoms with van der Waals surface area (Å²) in [5.41, 5.74) is 3.71. The number of nitrogens with zero attached hydrogens (tertiary/aromatic N) is 3. The highest BCUT2D eigenvalue weighted by molar-refractivity contribution is 6.01. The molecule has 2 aromatic heterocycles. The summed E-state index contributed by atoms with van der Waals surface area (Å²) in [6.45, 7) is 5.68. The van der Waals surface area contributed by atoms with Crippen LogP contribution in [0.25, 0.3) is 10.9 Å². The lowest BCUT2D eigenvalue weighted by atomic mass is 9.91. The molecule has 0 spiro atoms. The minimum atomic E-state index is -0.134. The molecular weight excluding hydrogens is 328 g/mol. The minimum absolute atomic E-state index is 0.0295. The van der Waals surface area contributed by atoms with Gasteiger partial charge in [-0.15, -0.1) is 0 Å². The number of imidazole rings is 1. The fourth-order valence-electron chi connectivity index (χ4n) is 3.91. The molecule has 0 radical (unpaired) electrons. The van der Waals surface area contributed by atoms with E-state index < -0.39 is 0 Å². The number of likely N-dealkylation sites (tertiary alicyclic amines) is 1. The van der Waals surface area contributed by atoms with E-state index >= 15 is 0 Å². The van der Waals surface area contributed by atoms with Gasteiger partial charge in [0.25, 0.3) is 0 Å². The van der Waals surface area contributed by atoms with E-state index in [1.165, 1.54) is 0 Å². The second-order valence-electron chi connectivity index (χ2n) is 7.11. The average Bonchev–Trinajstić information content (AvgIpc) is 3.32. The van der Waals surface area contributed by atoms with Crippen molar-refractivity contribution in [2.75, 3.05) is 25.5 Å². The van der Waals surface area contributed by atoms with Crippen LogP contribution in [-0.4, -0.2) is 51.1 Å². The number of benzene rings is 1. The van der Waals surface area contributed by atoms with E-state index in [1.54, 1.807) is 6.20 Å². The Morgan fingerprint density at radius 2 is 2.23 bits per heavy atom. The van der Waals surface area contributed by atoms with Gasteiger partial charge in [0.15, 0.2) is 0 Å². The molecule has 1 saturated heterocycles. The average molecular weight is 352 g/mol. The lowest BCUT2D eigenvalue weighted by Crippen LogP contribution is -2.28. The van der Waals surface area contributed by atoms with Crippen LogP contribution in [-0.2, 0) is 11.2 Å². The van der Waals surface area contributed by atoms with Gasteiger partial charge in [-0.25, -0.2) is 4.98 Å². The number of nitrogens with one attached hydrogen (secondary N) is 3. The summed E-state index contributed by atoms with van der Waals surface area (Å²) in [5.74, 6) is 0.970. The highest BCUT2D eigenvalue weighted by atomic mass is 16.2. The van der Waals surface area contributed by atoms with E-state index in [0.29, 0.717) is 0 Å². The smallest absolute Gasteiger partial charge is 0.229 e. The number of para-hydroxylation sites is 1. The summed E-state index contributed by atoms with van der Waals surface area (Å²) in [7, 11) is 2.05. The highest BCUT2D eigenvalue weighted by Gasteiger charge is 2.39. The number of carbonyl (C=O) groups excluding carboxylic acids is 1. The zero-order chi connectivity index (χ0) is 18.3. The monoisotopic (exact) mass is 352 g/mol. The Balaban J connectivity index is 1.61. The fraction of sp³-hybridized carbons (Fsp3) is 0.421. The standard InChI is InChI=1S/C19H24N6O/c1-4-16-21-11(2)17(23-16)13-9-25(3)10-14(13)19(26)22-15-7-5-6-12-8-20-24-18(12)15/h5-8,13-14H,4,9-10H2,1-3H3,(H,20,24)(H,21,23)(H,22,26)/t13-,14-/m1/s1. The SMILES string of the molecule is CCc1nc([C@@H]2CN(C)C[C@H]2C(=O)Nc2cccc3cn[nH]c23)c(C)[nH]1. The van der Waals surface area contributed by atoms with Crippen molar-refractivity contribution in [3.63, 3.8) is 0 Å². The van der Waals surface area contributed by atoms with E-state index in [4.69, 9.17) is 4.98 Å². The number of hydrogen-bond acceptors (Lipinski definition) is 4. The second-order valence-corrected chi connectivity index (χ2v) is 7.11. The van der Waals surface area contributed by atoms with Crippen molar-refractivity contribution in [1.29, 1.82) is 0 Å². The summed E-state index contributed by atoms with van der Waals surface area (Å²) in [6, 6.07) is 5.80. The molecule has 1 fully saturated rings. The number of hydrogen-bond donors (Lipinski definition) is 3. The lowest BCUT2D eigenvalue weighted by molar-refractivity contribution is -0.119. The van der Waals surface area contributed by atoms with Gasteiger partial charge < -0.3 is 15.2 Å². The highest BCUT2D eigenvalue weighted by Crippen LogP contribution is 2.34. The van der Waals surface area contributed by atoms with E-state index in [9.17, 15) is 4.79 Å². The number of aromatic nitrogens is 4. The van der Waals surface area contributed by atoms with Crippen LogP contribution in [0.1, 0.15) is 30.1 Å². The Hall–Kier alpha value is -2.67. The van der Waals surface area contributed by atoms with Crippen LogP contribution in [0.2, 0.25) is 0 Å². The molecule has 0 aliphatic carbocycles. The van der Waals surface area contributed by atoms with Gasteiger partial charge in [0.1, 0.15) is 5.82 Å². The quantitative estimate of drug-likeness (QED) is 0.673. The van der Waals surface area contributed by atoms with Crippen LogP contribution in [0, 0.1) is 12.8 Å². The summed E-state index contributed by atoms with van der Waals surface area (Å²) in [6.07, 6.45) is 2.62. The maximum absolute atomic E-state index is 13.1. The number of fused-ring (bicyclic) bond motifs is 1. The number of H-pyrrole nitrogens is 2. The van der Waals surface area contributed by atoms with Crippen molar-refractivity contribution >= 4 is 22.5 Å². The third-order valence-electron chi connectivity index (χ3n) is 5.23. The van der Waals surface area contributed by atoms with Gasteiger partial charge in [-0.1, -0.05) is 19.1 Å². The van der Waals surface area contributed by atoms with Gasteiger partial charge in [-0.05, 0) is 20.0 Å². The normalized spacial score (nSPS) is 20.7. The first kappa shape index (κ1) is 16.8. The van der Waals surface area contributed by atoms with Gasteiger partial charge in [0.2, 0.25) is 5.91 Å².